The van der Waals surface area contributed by atoms with E-state index >= 15 is 0 Å². The van der Waals surface area contributed by atoms with Crippen LogP contribution in [0.25, 0.3) is 0 Å². The van der Waals surface area contributed by atoms with Crippen molar-refractivity contribution in [2.24, 2.45) is 7.05 Å². The fraction of sp³-hybridized carbons (Fsp3) is 0.500. The molecular weight excluding hydrogens is 380 g/mol. The number of halogens is 1. The van der Waals surface area contributed by atoms with E-state index in [1.165, 1.54) is 5.56 Å². The van der Waals surface area contributed by atoms with Crippen LogP contribution in [-0.2, 0) is 22.0 Å². The van der Waals surface area contributed by atoms with Crippen LogP contribution in [0, 0.1) is 0 Å². The van der Waals surface area contributed by atoms with E-state index in [1.54, 1.807) is 25.0 Å². The molecule has 1 saturated heterocycles. The predicted molar refractivity (Wildman–Crippen MR) is 110 cm³/mol. The van der Waals surface area contributed by atoms with Crippen LogP contribution in [0.2, 0.25) is 0 Å². The molecule has 1 atom stereocenters. The summed E-state index contributed by atoms with van der Waals surface area (Å²) in [5.41, 5.74) is 1.92. The number of amides is 1. The Hall–Kier alpha value is -2.09. The van der Waals surface area contributed by atoms with Gasteiger partial charge in [-0.05, 0) is 37.6 Å². The average molecular weight is 409 g/mol. The maximum atomic E-state index is 12.8. The first kappa shape index (κ1) is 22.2. The van der Waals surface area contributed by atoms with Crippen molar-refractivity contribution in [1.29, 1.82) is 0 Å². The van der Waals surface area contributed by atoms with Gasteiger partial charge in [0.15, 0.2) is 0 Å². The minimum atomic E-state index is -0.425. The van der Waals surface area contributed by atoms with Gasteiger partial charge < -0.3 is 20.1 Å². The van der Waals surface area contributed by atoms with E-state index in [4.69, 9.17) is 9.47 Å². The number of hydrogen-bond acceptors (Lipinski definition) is 5. The number of likely N-dealkylation sites (N-methyl/N-ethyl adjacent to an activating group) is 1. The van der Waals surface area contributed by atoms with E-state index in [0.29, 0.717) is 19.8 Å². The van der Waals surface area contributed by atoms with Gasteiger partial charge in [-0.3, -0.25) is 9.48 Å². The highest BCUT2D eigenvalue weighted by Gasteiger charge is 2.35. The van der Waals surface area contributed by atoms with Crippen LogP contribution >= 0.6 is 12.4 Å². The summed E-state index contributed by atoms with van der Waals surface area (Å²) in [6.45, 7) is 1.96. The van der Waals surface area contributed by atoms with Crippen molar-refractivity contribution in [3.8, 4) is 5.75 Å². The lowest BCUT2D eigenvalue weighted by Crippen LogP contribution is -2.47. The van der Waals surface area contributed by atoms with Crippen LogP contribution in [-0.4, -0.2) is 49.6 Å². The van der Waals surface area contributed by atoms with Crippen LogP contribution in [0.5, 0.6) is 5.75 Å². The fourth-order valence-corrected chi connectivity index (χ4v) is 3.67. The van der Waals surface area contributed by atoms with Gasteiger partial charge in [-0.25, -0.2) is 0 Å². The van der Waals surface area contributed by atoms with E-state index < -0.39 is 6.04 Å². The summed E-state index contributed by atoms with van der Waals surface area (Å²) in [6, 6.07) is 7.70. The highest BCUT2D eigenvalue weighted by molar-refractivity contribution is 5.85. The maximum Gasteiger partial charge on any atom is 0.241 e. The number of nitrogens with zero attached hydrogens (tertiary/aromatic N) is 2. The number of aromatic nitrogens is 2. The lowest BCUT2D eigenvalue weighted by atomic mass is 9.74. The van der Waals surface area contributed by atoms with Crippen molar-refractivity contribution in [3.05, 3.63) is 47.8 Å². The lowest BCUT2D eigenvalue weighted by Gasteiger charge is -2.38. The SMILES string of the molecule is CNC(C(=O)NCC1(c2ccc(OC)cc2)CCOCC1)c1cnn(C)c1.Cl. The van der Waals surface area contributed by atoms with Gasteiger partial charge in [0.05, 0.1) is 13.3 Å². The molecule has 1 aliphatic heterocycles. The summed E-state index contributed by atoms with van der Waals surface area (Å²) < 4.78 is 12.6. The zero-order valence-electron chi connectivity index (χ0n) is 16.6. The zero-order valence-corrected chi connectivity index (χ0v) is 17.4. The summed E-state index contributed by atoms with van der Waals surface area (Å²) in [4.78, 5) is 12.8. The Labute approximate surface area is 172 Å². The molecule has 0 radical (unpaired) electrons. The number of aryl methyl sites for hydroxylation is 1. The van der Waals surface area contributed by atoms with E-state index in [2.05, 4.69) is 27.9 Å². The van der Waals surface area contributed by atoms with E-state index in [9.17, 15) is 4.79 Å². The number of methoxy groups -OCH3 is 1. The van der Waals surface area contributed by atoms with Gasteiger partial charge in [-0.15, -0.1) is 12.4 Å². The first-order chi connectivity index (χ1) is 13.1. The van der Waals surface area contributed by atoms with Crippen molar-refractivity contribution in [2.75, 3.05) is 33.9 Å². The Bertz CT molecular complexity index is 757. The summed E-state index contributed by atoms with van der Waals surface area (Å²) in [6.07, 6.45) is 5.32. The molecule has 1 aliphatic rings. The molecule has 1 fully saturated rings. The number of hydrogen-bond donors (Lipinski definition) is 2. The molecule has 154 valence electrons. The zero-order chi connectivity index (χ0) is 19.3. The Morgan fingerprint density at radius 3 is 2.54 bits per heavy atom. The predicted octanol–water partition coefficient (Wildman–Crippen LogP) is 1.98. The molecule has 7 nitrogen and oxygen atoms in total. The normalized spacial score (nSPS) is 16.7. The smallest absolute Gasteiger partial charge is 0.241 e. The summed E-state index contributed by atoms with van der Waals surface area (Å²) in [5, 5.41) is 10.4. The number of rotatable bonds is 7. The molecule has 1 aromatic heterocycles. The van der Waals surface area contributed by atoms with Crippen LogP contribution in [0.1, 0.15) is 30.0 Å². The molecule has 0 saturated carbocycles. The average Bonchev–Trinajstić information content (AvgIpc) is 3.13. The molecule has 8 heteroatoms. The number of carbonyl (C=O) groups excluding carboxylic acids is 1. The molecule has 0 bridgehead atoms. The summed E-state index contributed by atoms with van der Waals surface area (Å²) in [7, 11) is 5.29. The minimum Gasteiger partial charge on any atom is -0.497 e. The van der Waals surface area contributed by atoms with Gasteiger partial charge in [0.2, 0.25) is 5.91 Å². The molecule has 2 heterocycles. The Kier molecular flexibility index (Phi) is 7.86. The molecule has 1 amide bonds. The standard InChI is InChI=1S/C20H28N4O3.ClH/c1-21-18(15-12-23-24(2)13-15)19(25)22-14-20(8-10-27-11-9-20)16-4-6-17(26-3)7-5-16;/h4-7,12-13,18,21H,8-11,14H2,1-3H3,(H,22,25);1H. The topological polar surface area (TPSA) is 77.4 Å². The largest absolute Gasteiger partial charge is 0.497 e. The van der Waals surface area contributed by atoms with Crippen molar-refractivity contribution < 1.29 is 14.3 Å². The number of carbonyl (C=O) groups is 1. The van der Waals surface area contributed by atoms with E-state index in [1.807, 2.05) is 25.4 Å². The van der Waals surface area contributed by atoms with Gasteiger partial charge in [0.1, 0.15) is 11.8 Å². The lowest BCUT2D eigenvalue weighted by molar-refractivity contribution is -0.123. The molecule has 2 N–H and O–H groups in total. The highest BCUT2D eigenvalue weighted by Crippen LogP contribution is 2.35. The third kappa shape index (κ3) is 4.84. The first-order valence-corrected chi connectivity index (χ1v) is 9.24. The van der Waals surface area contributed by atoms with Gasteiger partial charge >= 0.3 is 0 Å². The van der Waals surface area contributed by atoms with Gasteiger partial charge in [-0.2, -0.15) is 5.10 Å². The first-order valence-electron chi connectivity index (χ1n) is 9.24. The molecule has 1 aromatic carbocycles. The second kappa shape index (κ2) is 9.91. The third-order valence-electron chi connectivity index (χ3n) is 5.36. The second-order valence-electron chi connectivity index (χ2n) is 7.01. The van der Waals surface area contributed by atoms with Crippen LogP contribution in [0.15, 0.2) is 36.7 Å². The molecule has 0 aliphatic carbocycles. The molecular formula is C20H29ClN4O3. The summed E-state index contributed by atoms with van der Waals surface area (Å²) >= 11 is 0. The van der Waals surface area contributed by atoms with E-state index in [0.717, 1.165) is 24.2 Å². The summed E-state index contributed by atoms with van der Waals surface area (Å²) in [5.74, 6) is 0.779. The molecule has 28 heavy (non-hydrogen) atoms. The van der Waals surface area contributed by atoms with Crippen LogP contribution in [0.4, 0.5) is 0 Å². The third-order valence-corrected chi connectivity index (χ3v) is 5.36. The van der Waals surface area contributed by atoms with Crippen LogP contribution < -0.4 is 15.4 Å². The van der Waals surface area contributed by atoms with Crippen molar-refractivity contribution in [3.63, 3.8) is 0 Å². The second-order valence-corrected chi connectivity index (χ2v) is 7.01. The molecule has 1 unspecified atom stereocenters. The van der Waals surface area contributed by atoms with Gasteiger partial charge in [0.25, 0.3) is 0 Å². The number of benzene rings is 1. The molecule has 0 spiro atoms. The molecule has 2 aromatic rings. The fourth-order valence-electron chi connectivity index (χ4n) is 3.67. The van der Waals surface area contributed by atoms with Crippen molar-refractivity contribution >= 4 is 18.3 Å². The van der Waals surface area contributed by atoms with Crippen molar-refractivity contribution in [2.45, 2.75) is 24.3 Å². The molecule has 3 rings (SSSR count). The number of ether oxygens (including phenoxy) is 2. The van der Waals surface area contributed by atoms with E-state index in [-0.39, 0.29) is 23.7 Å². The van der Waals surface area contributed by atoms with Gasteiger partial charge in [0, 0.05) is 44.0 Å². The quantitative estimate of drug-likeness (QED) is 0.732. The monoisotopic (exact) mass is 408 g/mol. The van der Waals surface area contributed by atoms with Gasteiger partial charge in [-0.1, -0.05) is 12.1 Å². The number of nitrogens with one attached hydrogen (secondary N) is 2. The Morgan fingerprint density at radius 2 is 2.00 bits per heavy atom. The minimum absolute atomic E-state index is 0. The van der Waals surface area contributed by atoms with Crippen molar-refractivity contribution in [1.82, 2.24) is 20.4 Å². The Morgan fingerprint density at radius 1 is 1.32 bits per heavy atom. The maximum absolute atomic E-state index is 12.8. The Balaban J connectivity index is 0.00000280. The van der Waals surface area contributed by atoms with Crippen LogP contribution in [0.3, 0.4) is 0 Å². The highest BCUT2D eigenvalue weighted by atomic mass is 35.5.